The highest BCUT2D eigenvalue weighted by Gasteiger charge is 2.11. The largest absolute Gasteiger partial charge is 0.284 e. The molecule has 3 nitrogen and oxygen atoms in total. The van der Waals surface area contributed by atoms with Crippen LogP contribution in [0.4, 0.5) is 0 Å². The van der Waals surface area contributed by atoms with Crippen molar-refractivity contribution in [2.24, 2.45) is 0 Å². The number of hydrogen-bond acceptors (Lipinski definition) is 2. The van der Waals surface area contributed by atoms with Crippen molar-refractivity contribution in [1.29, 1.82) is 0 Å². The fourth-order valence-corrected chi connectivity index (χ4v) is 2.06. The van der Waals surface area contributed by atoms with E-state index in [1.54, 1.807) is 0 Å². The third-order valence-corrected chi connectivity index (χ3v) is 3.11. The zero-order valence-electron chi connectivity index (χ0n) is 9.82. The predicted octanol–water partition coefficient (Wildman–Crippen LogP) is 2.45. The molecule has 0 atom stereocenters. The lowest BCUT2D eigenvalue weighted by atomic mass is 10.1. The van der Waals surface area contributed by atoms with Gasteiger partial charge in [-0.15, -0.1) is 0 Å². The van der Waals surface area contributed by atoms with Crippen molar-refractivity contribution < 1.29 is 0 Å². The molecule has 0 N–H and O–H groups in total. The second kappa shape index (κ2) is 4.79. The van der Waals surface area contributed by atoms with Gasteiger partial charge in [0.1, 0.15) is 0 Å². The number of aromatic nitrogens is 2. The van der Waals surface area contributed by atoms with E-state index in [1.807, 2.05) is 6.20 Å². The summed E-state index contributed by atoms with van der Waals surface area (Å²) in [6, 6.07) is 0. The van der Waals surface area contributed by atoms with E-state index < -0.39 is 0 Å². The zero-order valence-corrected chi connectivity index (χ0v) is 9.82. The van der Waals surface area contributed by atoms with Gasteiger partial charge < -0.3 is 0 Å². The van der Waals surface area contributed by atoms with Crippen LogP contribution in [0.25, 0.3) is 0 Å². The fourth-order valence-electron chi connectivity index (χ4n) is 2.06. The van der Waals surface area contributed by atoms with Gasteiger partial charge >= 0.3 is 0 Å². The highest BCUT2D eigenvalue weighted by atomic mass is 15.4. The Bertz CT molecular complexity index is 298. The Morgan fingerprint density at radius 2 is 2.00 bits per heavy atom. The Morgan fingerprint density at radius 3 is 2.60 bits per heavy atom. The average molecular weight is 207 g/mol. The molecule has 1 aromatic heterocycles. The number of piperidine rings is 1. The maximum absolute atomic E-state index is 4.41. The molecular formula is C12H21N3. The van der Waals surface area contributed by atoms with E-state index >= 15 is 0 Å². The Morgan fingerprint density at radius 1 is 1.27 bits per heavy atom. The molecule has 0 bridgehead atoms. The molecule has 1 fully saturated rings. The van der Waals surface area contributed by atoms with E-state index in [-0.39, 0.29) is 0 Å². The fraction of sp³-hybridized carbons (Fsp3) is 0.750. The first-order valence-electron chi connectivity index (χ1n) is 6.00. The van der Waals surface area contributed by atoms with Crippen molar-refractivity contribution in [2.45, 2.75) is 45.7 Å². The third kappa shape index (κ3) is 2.81. The van der Waals surface area contributed by atoms with Crippen molar-refractivity contribution in [3.05, 3.63) is 18.0 Å². The molecule has 2 heterocycles. The first-order chi connectivity index (χ1) is 7.25. The molecule has 0 aliphatic carbocycles. The number of nitrogens with zero attached hydrogens (tertiary/aromatic N) is 3. The first-order valence-corrected chi connectivity index (χ1v) is 6.00. The van der Waals surface area contributed by atoms with Crippen LogP contribution < -0.4 is 0 Å². The van der Waals surface area contributed by atoms with Gasteiger partial charge in [0.15, 0.2) is 0 Å². The molecule has 0 radical (unpaired) electrons. The highest BCUT2D eigenvalue weighted by molar-refractivity contribution is 5.08. The Balaban J connectivity index is 1.91. The first kappa shape index (κ1) is 10.7. The number of likely N-dealkylation sites (tertiary alicyclic amines) is 1. The lowest BCUT2D eigenvalue weighted by molar-refractivity contribution is 0.173. The molecule has 1 aromatic rings. The summed E-state index contributed by atoms with van der Waals surface area (Å²) in [5.74, 6) is 0.583. The lowest BCUT2D eigenvalue weighted by Crippen LogP contribution is -2.31. The molecule has 1 aliphatic rings. The molecule has 0 aromatic carbocycles. The van der Waals surface area contributed by atoms with E-state index in [0.717, 1.165) is 6.67 Å². The average Bonchev–Trinajstić information content (AvgIpc) is 2.68. The zero-order chi connectivity index (χ0) is 10.7. The van der Waals surface area contributed by atoms with Gasteiger partial charge in [-0.2, -0.15) is 5.10 Å². The number of hydrogen-bond donors (Lipinski definition) is 0. The quantitative estimate of drug-likeness (QED) is 0.759. The van der Waals surface area contributed by atoms with Crippen LogP contribution in [0.3, 0.4) is 0 Å². The Labute approximate surface area is 92.1 Å². The maximum atomic E-state index is 4.41. The molecule has 0 spiro atoms. The van der Waals surface area contributed by atoms with Crippen LogP contribution >= 0.6 is 0 Å². The summed E-state index contributed by atoms with van der Waals surface area (Å²) in [5, 5.41) is 4.41. The van der Waals surface area contributed by atoms with Gasteiger partial charge in [0.05, 0.1) is 12.9 Å². The van der Waals surface area contributed by atoms with Crippen LogP contribution in [0.15, 0.2) is 12.4 Å². The summed E-state index contributed by atoms with van der Waals surface area (Å²) in [6.07, 6.45) is 8.26. The molecule has 15 heavy (non-hydrogen) atoms. The van der Waals surface area contributed by atoms with Crippen molar-refractivity contribution in [3.8, 4) is 0 Å². The summed E-state index contributed by atoms with van der Waals surface area (Å²) in [6.45, 7) is 7.85. The molecule has 2 rings (SSSR count). The van der Waals surface area contributed by atoms with E-state index in [9.17, 15) is 0 Å². The number of rotatable bonds is 3. The topological polar surface area (TPSA) is 21.1 Å². The van der Waals surface area contributed by atoms with Crippen molar-refractivity contribution in [2.75, 3.05) is 13.1 Å². The summed E-state index contributed by atoms with van der Waals surface area (Å²) < 4.78 is 2.07. The highest BCUT2D eigenvalue weighted by Crippen LogP contribution is 2.14. The van der Waals surface area contributed by atoms with E-state index in [2.05, 4.69) is 34.7 Å². The molecular weight excluding hydrogens is 186 g/mol. The third-order valence-electron chi connectivity index (χ3n) is 3.11. The minimum absolute atomic E-state index is 0.583. The van der Waals surface area contributed by atoms with Crippen molar-refractivity contribution in [1.82, 2.24) is 14.7 Å². The lowest BCUT2D eigenvalue weighted by Gasteiger charge is -2.26. The minimum atomic E-state index is 0.583. The maximum Gasteiger partial charge on any atom is 0.0928 e. The molecule has 0 saturated carbocycles. The van der Waals surface area contributed by atoms with Crippen molar-refractivity contribution >= 4 is 0 Å². The SMILES string of the molecule is CC(C)c1cnn(CN2CCCCC2)c1. The monoisotopic (exact) mass is 207 g/mol. The molecule has 0 unspecified atom stereocenters. The molecule has 3 heteroatoms. The Kier molecular flexibility index (Phi) is 3.41. The van der Waals surface area contributed by atoms with Gasteiger partial charge in [-0.3, -0.25) is 9.58 Å². The normalized spacial score (nSPS) is 18.6. The second-order valence-corrected chi connectivity index (χ2v) is 4.79. The van der Waals surface area contributed by atoms with Crippen LogP contribution in [0.5, 0.6) is 0 Å². The molecule has 1 saturated heterocycles. The summed E-state index contributed by atoms with van der Waals surface area (Å²) in [4.78, 5) is 2.49. The smallest absolute Gasteiger partial charge is 0.0928 e. The summed E-state index contributed by atoms with van der Waals surface area (Å²) in [5.41, 5.74) is 1.34. The van der Waals surface area contributed by atoms with E-state index in [1.165, 1.54) is 37.9 Å². The minimum Gasteiger partial charge on any atom is -0.284 e. The van der Waals surface area contributed by atoms with Crippen LogP contribution in [0.2, 0.25) is 0 Å². The second-order valence-electron chi connectivity index (χ2n) is 4.79. The van der Waals surface area contributed by atoms with Gasteiger partial charge in [-0.05, 0) is 37.4 Å². The van der Waals surface area contributed by atoms with Gasteiger partial charge in [-0.1, -0.05) is 20.3 Å². The summed E-state index contributed by atoms with van der Waals surface area (Å²) >= 11 is 0. The predicted molar refractivity (Wildman–Crippen MR) is 61.7 cm³/mol. The Hall–Kier alpha value is -0.830. The van der Waals surface area contributed by atoms with E-state index in [4.69, 9.17) is 0 Å². The van der Waals surface area contributed by atoms with Gasteiger partial charge in [0, 0.05) is 6.20 Å². The van der Waals surface area contributed by atoms with Crippen LogP contribution in [-0.2, 0) is 6.67 Å². The van der Waals surface area contributed by atoms with Crippen molar-refractivity contribution in [3.63, 3.8) is 0 Å². The molecule has 1 aliphatic heterocycles. The standard InChI is InChI=1S/C12H21N3/c1-11(2)12-8-13-15(9-12)10-14-6-4-3-5-7-14/h8-9,11H,3-7,10H2,1-2H3. The molecule has 0 amide bonds. The van der Waals surface area contributed by atoms with E-state index in [0.29, 0.717) is 5.92 Å². The molecule has 84 valence electrons. The van der Waals surface area contributed by atoms with Crippen LogP contribution in [0, 0.1) is 0 Å². The van der Waals surface area contributed by atoms with Gasteiger partial charge in [-0.25, -0.2) is 0 Å². The van der Waals surface area contributed by atoms with Gasteiger partial charge in [0.25, 0.3) is 0 Å². The van der Waals surface area contributed by atoms with Crippen LogP contribution in [-0.4, -0.2) is 27.8 Å². The van der Waals surface area contributed by atoms with Crippen LogP contribution in [0.1, 0.15) is 44.6 Å². The van der Waals surface area contributed by atoms with Gasteiger partial charge in [0.2, 0.25) is 0 Å². The summed E-state index contributed by atoms with van der Waals surface area (Å²) in [7, 11) is 0.